The molecule has 33 heavy (non-hydrogen) atoms. The summed E-state index contributed by atoms with van der Waals surface area (Å²) in [5.74, 6) is 3.96. The SMILES string of the molecule is CCCCCc1ccc(CCCC[C@H]2CC[C@H](C3CCC(CC/C=C/C#N)CC3)CC2)cc1. The lowest BCUT2D eigenvalue weighted by molar-refractivity contribution is 0.140. The minimum Gasteiger partial charge on any atom is -0.193 e. The molecule has 1 aromatic rings. The van der Waals surface area contributed by atoms with Crippen molar-refractivity contribution in [3.8, 4) is 6.07 Å². The number of allylic oxidation sites excluding steroid dienone is 2. The number of hydrogen-bond acceptors (Lipinski definition) is 1. The van der Waals surface area contributed by atoms with Crippen LogP contribution in [0.3, 0.4) is 0 Å². The van der Waals surface area contributed by atoms with E-state index in [1.807, 2.05) is 0 Å². The lowest BCUT2D eigenvalue weighted by Gasteiger charge is -2.38. The fraction of sp³-hybridized carbons (Fsp3) is 0.719. The topological polar surface area (TPSA) is 23.8 Å². The van der Waals surface area contributed by atoms with Crippen molar-refractivity contribution < 1.29 is 0 Å². The van der Waals surface area contributed by atoms with Crippen LogP contribution in [-0.4, -0.2) is 0 Å². The Kier molecular flexibility index (Phi) is 12.1. The molecular formula is C32H49N. The first-order valence-corrected chi connectivity index (χ1v) is 14.4. The van der Waals surface area contributed by atoms with Crippen LogP contribution in [0.2, 0.25) is 0 Å². The standard InChI is InChI=1S/C32H49N/c1-2-3-5-10-27-14-16-28(17-15-27)12-7-8-13-30-20-24-32(25-21-30)31-22-18-29(19-23-31)11-6-4-9-26-33/h4,9,14-17,29-32H,2-3,5-8,10-13,18-25H2,1H3/b9-4+/t29?,30-,31?,32-. The first kappa shape index (κ1) is 26.1. The summed E-state index contributed by atoms with van der Waals surface area (Å²) >= 11 is 0. The molecule has 1 aromatic carbocycles. The van der Waals surface area contributed by atoms with Gasteiger partial charge in [0.25, 0.3) is 0 Å². The predicted octanol–water partition coefficient (Wildman–Crippen LogP) is 9.60. The van der Waals surface area contributed by atoms with Crippen molar-refractivity contribution in [1.82, 2.24) is 0 Å². The van der Waals surface area contributed by atoms with E-state index < -0.39 is 0 Å². The van der Waals surface area contributed by atoms with Crippen LogP contribution in [-0.2, 0) is 12.8 Å². The van der Waals surface area contributed by atoms with Gasteiger partial charge in [-0.2, -0.15) is 5.26 Å². The van der Waals surface area contributed by atoms with Crippen LogP contribution >= 0.6 is 0 Å². The van der Waals surface area contributed by atoms with Gasteiger partial charge in [0.2, 0.25) is 0 Å². The van der Waals surface area contributed by atoms with E-state index in [0.29, 0.717) is 0 Å². The Labute approximate surface area is 205 Å². The van der Waals surface area contributed by atoms with Gasteiger partial charge in [0, 0.05) is 6.08 Å². The van der Waals surface area contributed by atoms with Gasteiger partial charge in [0.05, 0.1) is 6.07 Å². The molecule has 1 heteroatoms. The minimum absolute atomic E-state index is 0.915. The Morgan fingerprint density at radius 1 is 0.727 bits per heavy atom. The molecule has 2 fully saturated rings. The molecule has 0 bridgehead atoms. The van der Waals surface area contributed by atoms with Crippen molar-refractivity contribution >= 4 is 0 Å². The second-order valence-corrected chi connectivity index (χ2v) is 11.2. The highest BCUT2D eigenvalue weighted by Crippen LogP contribution is 2.43. The summed E-state index contributed by atoms with van der Waals surface area (Å²) in [6.45, 7) is 2.28. The number of aryl methyl sites for hydroxylation is 2. The second-order valence-electron chi connectivity index (χ2n) is 11.2. The van der Waals surface area contributed by atoms with Gasteiger partial charge in [-0.15, -0.1) is 0 Å². The van der Waals surface area contributed by atoms with Gasteiger partial charge >= 0.3 is 0 Å². The molecule has 2 saturated carbocycles. The van der Waals surface area contributed by atoms with Gasteiger partial charge in [-0.25, -0.2) is 0 Å². The lowest BCUT2D eigenvalue weighted by atomic mass is 9.68. The van der Waals surface area contributed by atoms with Crippen LogP contribution in [0.1, 0.15) is 121 Å². The van der Waals surface area contributed by atoms with E-state index in [1.165, 1.54) is 120 Å². The molecule has 2 aliphatic carbocycles. The average molecular weight is 448 g/mol. The molecule has 0 aromatic heterocycles. The van der Waals surface area contributed by atoms with Crippen molar-refractivity contribution in [2.75, 3.05) is 0 Å². The molecule has 3 rings (SSSR count). The average Bonchev–Trinajstić information content (AvgIpc) is 2.86. The minimum atomic E-state index is 0.915. The summed E-state index contributed by atoms with van der Waals surface area (Å²) in [6.07, 6.45) is 28.7. The van der Waals surface area contributed by atoms with Crippen LogP contribution in [0.25, 0.3) is 0 Å². The smallest absolute Gasteiger partial charge is 0.0908 e. The third-order valence-electron chi connectivity index (χ3n) is 8.80. The van der Waals surface area contributed by atoms with Gasteiger partial charge in [0.15, 0.2) is 0 Å². The molecule has 0 spiro atoms. The molecule has 0 atom stereocenters. The molecule has 182 valence electrons. The summed E-state index contributed by atoms with van der Waals surface area (Å²) < 4.78 is 0. The summed E-state index contributed by atoms with van der Waals surface area (Å²) in [7, 11) is 0. The maximum absolute atomic E-state index is 8.61. The highest BCUT2D eigenvalue weighted by atomic mass is 14.4. The normalized spacial score (nSPS) is 25.8. The summed E-state index contributed by atoms with van der Waals surface area (Å²) in [4.78, 5) is 0. The Morgan fingerprint density at radius 2 is 1.24 bits per heavy atom. The Balaban J connectivity index is 1.23. The van der Waals surface area contributed by atoms with Crippen LogP contribution in [0.15, 0.2) is 36.4 Å². The zero-order chi connectivity index (χ0) is 23.1. The molecular weight excluding hydrogens is 398 g/mol. The van der Waals surface area contributed by atoms with Crippen LogP contribution < -0.4 is 0 Å². The molecule has 1 nitrogen and oxygen atoms in total. The van der Waals surface area contributed by atoms with Crippen molar-refractivity contribution in [3.05, 3.63) is 47.5 Å². The summed E-state index contributed by atoms with van der Waals surface area (Å²) in [5, 5.41) is 8.61. The third-order valence-corrected chi connectivity index (χ3v) is 8.80. The van der Waals surface area contributed by atoms with Crippen LogP contribution in [0, 0.1) is 35.0 Å². The highest BCUT2D eigenvalue weighted by molar-refractivity contribution is 5.22. The Hall–Kier alpha value is -1.55. The Morgan fingerprint density at radius 3 is 1.76 bits per heavy atom. The Bertz CT molecular complexity index is 693. The van der Waals surface area contributed by atoms with Gasteiger partial charge in [-0.3, -0.25) is 0 Å². The van der Waals surface area contributed by atoms with Crippen molar-refractivity contribution in [3.63, 3.8) is 0 Å². The maximum Gasteiger partial charge on any atom is 0.0908 e. The number of benzene rings is 1. The predicted molar refractivity (Wildman–Crippen MR) is 142 cm³/mol. The maximum atomic E-state index is 8.61. The van der Waals surface area contributed by atoms with E-state index >= 15 is 0 Å². The van der Waals surface area contributed by atoms with Crippen LogP contribution in [0.5, 0.6) is 0 Å². The lowest BCUT2D eigenvalue weighted by Crippen LogP contribution is -2.25. The van der Waals surface area contributed by atoms with E-state index in [9.17, 15) is 0 Å². The van der Waals surface area contributed by atoms with E-state index in [2.05, 4.69) is 43.3 Å². The number of unbranched alkanes of at least 4 members (excludes halogenated alkanes) is 3. The third kappa shape index (κ3) is 9.68. The number of nitrogens with zero attached hydrogens (tertiary/aromatic N) is 1. The summed E-state index contributed by atoms with van der Waals surface area (Å²) in [6, 6.07) is 11.6. The van der Waals surface area contributed by atoms with E-state index in [1.54, 1.807) is 6.08 Å². The molecule has 0 heterocycles. The fourth-order valence-electron chi connectivity index (χ4n) is 6.58. The highest BCUT2D eigenvalue weighted by Gasteiger charge is 2.30. The van der Waals surface area contributed by atoms with Gasteiger partial charge < -0.3 is 0 Å². The zero-order valence-electron chi connectivity index (χ0n) is 21.4. The quantitative estimate of drug-likeness (QED) is 0.218. The molecule has 0 saturated heterocycles. The molecule has 0 radical (unpaired) electrons. The van der Waals surface area contributed by atoms with Crippen molar-refractivity contribution in [2.45, 2.75) is 122 Å². The van der Waals surface area contributed by atoms with Crippen molar-refractivity contribution in [1.29, 1.82) is 5.26 Å². The zero-order valence-corrected chi connectivity index (χ0v) is 21.4. The largest absolute Gasteiger partial charge is 0.193 e. The van der Waals surface area contributed by atoms with Gasteiger partial charge in [-0.05, 0) is 99.0 Å². The van der Waals surface area contributed by atoms with E-state index in [4.69, 9.17) is 5.26 Å². The number of hydrogen-bond donors (Lipinski definition) is 0. The molecule has 0 amide bonds. The second kappa shape index (κ2) is 15.4. The summed E-state index contributed by atoms with van der Waals surface area (Å²) in [5.41, 5.74) is 3.06. The van der Waals surface area contributed by atoms with E-state index in [-0.39, 0.29) is 0 Å². The molecule has 0 N–H and O–H groups in total. The van der Waals surface area contributed by atoms with Gasteiger partial charge in [0.1, 0.15) is 0 Å². The fourth-order valence-corrected chi connectivity index (χ4v) is 6.58. The molecule has 2 aliphatic rings. The molecule has 0 aliphatic heterocycles. The first-order chi connectivity index (χ1) is 16.3. The number of rotatable bonds is 13. The monoisotopic (exact) mass is 447 g/mol. The van der Waals surface area contributed by atoms with Crippen molar-refractivity contribution in [2.24, 2.45) is 23.7 Å². The van der Waals surface area contributed by atoms with Gasteiger partial charge in [-0.1, -0.05) is 88.6 Å². The molecule has 0 unspecified atom stereocenters. The number of nitriles is 1. The first-order valence-electron chi connectivity index (χ1n) is 14.4. The van der Waals surface area contributed by atoms with Crippen LogP contribution in [0.4, 0.5) is 0 Å². The van der Waals surface area contributed by atoms with E-state index in [0.717, 1.165) is 30.1 Å².